The van der Waals surface area contributed by atoms with Crippen molar-refractivity contribution in [2.75, 3.05) is 18.5 Å². The molecule has 0 radical (unpaired) electrons. The highest BCUT2D eigenvalue weighted by atomic mass is 19.1. The molecule has 108 valence electrons. The van der Waals surface area contributed by atoms with E-state index < -0.39 is 17.6 Å². The number of benzene rings is 1. The molecule has 0 heterocycles. The van der Waals surface area contributed by atoms with E-state index in [0.29, 0.717) is 11.3 Å². The normalized spacial score (nSPS) is 15.6. The number of hydrogen-bond acceptors (Lipinski definition) is 3. The molecule has 0 aliphatic heterocycles. The molecule has 0 saturated heterocycles. The Balaban J connectivity index is 1.89. The summed E-state index contributed by atoms with van der Waals surface area (Å²) < 4.78 is 12.9. The number of hydrogen-bond donors (Lipinski definition) is 3. The minimum Gasteiger partial charge on any atom is -0.396 e. The second-order valence-corrected chi connectivity index (χ2v) is 5.25. The van der Waals surface area contributed by atoms with Gasteiger partial charge in [0, 0.05) is 17.6 Å². The van der Waals surface area contributed by atoms with E-state index >= 15 is 0 Å². The highest BCUT2D eigenvalue weighted by Gasteiger charge is 2.42. The average molecular weight is 280 g/mol. The summed E-state index contributed by atoms with van der Waals surface area (Å²) in [5.74, 6) is -1.95. The zero-order chi connectivity index (χ0) is 14.8. The van der Waals surface area contributed by atoms with Crippen LogP contribution in [0.1, 0.15) is 18.4 Å². The predicted molar refractivity (Wildman–Crippen MR) is 71.5 cm³/mol. The highest BCUT2D eigenvalue weighted by molar-refractivity contribution is 6.39. The minimum atomic E-state index is -0.798. The summed E-state index contributed by atoms with van der Waals surface area (Å²) in [5, 5.41) is 14.1. The van der Waals surface area contributed by atoms with Crippen LogP contribution >= 0.6 is 0 Å². The molecule has 0 spiro atoms. The maximum atomic E-state index is 12.9. The Bertz CT molecular complexity index is 541. The predicted octanol–water partition coefficient (Wildman–Crippen LogP) is 0.961. The van der Waals surface area contributed by atoms with Crippen molar-refractivity contribution in [3.63, 3.8) is 0 Å². The summed E-state index contributed by atoms with van der Waals surface area (Å²) in [6.07, 6.45) is 1.70. The molecular formula is C14H17FN2O3. The fourth-order valence-corrected chi connectivity index (χ4v) is 1.86. The van der Waals surface area contributed by atoms with Crippen molar-refractivity contribution in [1.29, 1.82) is 0 Å². The third-order valence-corrected chi connectivity index (χ3v) is 3.56. The number of carbonyl (C=O) groups is 2. The largest absolute Gasteiger partial charge is 0.396 e. The second kappa shape index (κ2) is 5.58. The van der Waals surface area contributed by atoms with Crippen LogP contribution in [0, 0.1) is 18.2 Å². The molecule has 1 saturated carbocycles. The molecule has 1 aliphatic rings. The van der Waals surface area contributed by atoms with Crippen molar-refractivity contribution in [2.24, 2.45) is 5.41 Å². The van der Waals surface area contributed by atoms with Gasteiger partial charge in [0.05, 0.1) is 6.61 Å². The van der Waals surface area contributed by atoms with Crippen LogP contribution in [0.25, 0.3) is 0 Å². The molecule has 2 rings (SSSR count). The summed E-state index contributed by atoms with van der Waals surface area (Å²) in [6.45, 7) is 1.94. The molecule has 20 heavy (non-hydrogen) atoms. The number of rotatable bonds is 4. The van der Waals surface area contributed by atoms with E-state index in [2.05, 4.69) is 10.6 Å². The summed E-state index contributed by atoms with van der Waals surface area (Å²) in [5.41, 5.74) is 0.692. The van der Waals surface area contributed by atoms with Crippen LogP contribution < -0.4 is 10.6 Å². The van der Waals surface area contributed by atoms with E-state index in [1.165, 1.54) is 18.2 Å². The van der Waals surface area contributed by atoms with Gasteiger partial charge in [-0.15, -0.1) is 0 Å². The van der Waals surface area contributed by atoms with E-state index in [4.69, 9.17) is 5.11 Å². The van der Waals surface area contributed by atoms with Gasteiger partial charge < -0.3 is 15.7 Å². The number of halogens is 1. The Morgan fingerprint density at radius 2 is 2.05 bits per heavy atom. The number of amides is 2. The van der Waals surface area contributed by atoms with Crippen molar-refractivity contribution < 1.29 is 19.1 Å². The molecule has 3 N–H and O–H groups in total. The van der Waals surface area contributed by atoms with Gasteiger partial charge in [0.1, 0.15) is 5.82 Å². The summed E-state index contributed by atoms with van der Waals surface area (Å²) in [7, 11) is 0. The zero-order valence-corrected chi connectivity index (χ0v) is 11.2. The fourth-order valence-electron chi connectivity index (χ4n) is 1.86. The first kappa shape index (κ1) is 14.5. The Morgan fingerprint density at radius 3 is 2.60 bits per heavy atom. The molecule has 0 atom stereocenters. The van der Waals surface area contributed by atoms with Gasteiger partial charge in [-0.1, -0.05) is 0 Å². The molecule has 1 aromatic carbocycles. The monoisotopic (exact) mass is 280 g/mol. The summed E-state index contributed by atoms with van der Waals surface area (Å²) in [6, 6.07) is 3.90. The lowest BCUT2D eigenvalue weighted by atomic mass is 10.1. The number of aryl methyl sites for hydroxylation is 1. The molecule has 1 aromatic rings. The van der Waals surface area contributed by atoms with Gasteiger partial charge in [0.25, 0.3) is 0 Å². The van der Waals surface area contributed by atoms with Gasteiger partial charge in [-0.25, -0.2) is 4.39 Å². The van der Waals surface area contributed by atoms with E-state index in [0.717, 1.165) is 12.8 Å². The van der Waals surface area contributed by atoms with E-state index in [9.17, 15) is 14.0 Å². The minimum absolute atomic E-state index is 0.00592. The lowest BCUT2D eigenvalue weighted by molar-refractivity contribution is -0.136. The maximum absolute atomic E-state index is 12.9. The van der Waals surface area contributed by atoms with Crippen LogP contribution in [0.2, 0.25) is 0 Å². The lowest BCUT2D eigenvalue weighted by Crippen LogP contribution is -2.39. The van der Waals surface area contributed by atoms with Crippen molar-refractivity contribution in [3.05, 3.63) is 29.6 Å². The molecule has 2 amide bonds. The first-order valence-corrected chi connectivity index (χ1v) is 6.42. The summed E-state index contributed by atoms with van der Waals surface area (Å²) in [4.78, 5) is 23.3. The Labute approximate surface area is 116 Å². The van der Waals surface area contributed by atoms with Gasteiger partial charge in [-0.3, -0.25) is 9.59 Å². The second-order valence-electron chi connectivity index (χ2n) is 5.25. The third kappa shape index (κ3) is 3.33. The molecule has 5 nitrogen and oxygen atoms in total. The molecule has 0 aromatic heterocycles. The molecule has 1 aliphatic carbocycles. The number of carbonyl (C=O) groups excluding carboxylic acids is 2. The molecule has 1 fully saturated rings. The summed E-state index contributed by atoms with van der Waals surface area (Å²) >= 11 is 0. The van der Waals surface area contributed by atoms with Crippen LogP contribution in [-0.4, -0.2) is 30.1 Å². The Kier molecular flexibility index (Phi) is 4.04. The van der Waals surface area contributed by atoms with Gasteiger partial charge >= 0.3 is 11.8 Å². The number of nitrogens with one attached hydrogen (secondary N) is 2. The Hall–Kier alpha value is -1.95. The van der Waals surface area contributed by atoms with Crippen LogP contribution in [0.4, 0.5) is 10.1 Å². The number of aliphatic hydroxyl groups is 1. The van der Waals surface area contributed by atoms with Gasteiger partial charge in [-0.2, -0.15) is 0 Å². The first-order chi connectivity index (χ1) is 9.46. The maximum Gasteiger partial charge on any atom is 0.313 e. The van der Waals surface area contributed by atoms with Crippen molar-refractivity contribution in [3.8, 4) is 0 Å². The Morgan fingerprint density at radius 1 is 1.35 bits per heavy atom. The smallest absolute Gasteiger partial charge is 0.313 e. The van der Waals surface area contributed by atoms with Crippen LogP contribution in [0.5, 0.6) is 0 Å². The van der Waals surface area contributed by atoms with Crippen LogP contribution in [0.15, 0.2) is 18.2 Å². The van der Waals surface area contributed by atoms with Gasteiger partial charge in [0.15, 0.2) is 0 Å². The van der Waals surface area contributed by atoms with Crippen molar-refractivity contribution >= 4 is 17.5 Å². The van der Waals surface area contributed by atoms with E-state index in [1.807, 2.05) is 0 Å². The SMILES string of the molecule is Cc1cc(F)ccc1NC(=O)C(=O)NCC1(CO)CC1. The van der Waals surface area contributed by atoms with Crippen LogP contribution in [0.3, 0.4) is 0 Å². The fraction of sp³-hybridized carbons (Fsp3) is 0.429. The van der Waals surface area contributed by atoms with Crippen molar-refractivity contribution in [2.45, 2.75) is 19.8 Å². The topological polar surface area (TPSA) is 78.4 Å². The zero-order valence-electron chi connectivity index (χ0n) is 11.2. The first-order valence-electron chi connectivity index (χ1n) is 6.42. The standard InChI is InChI=1S/C14H17FN2O3/c1-9-6-10(15)2-3-11(9)17-13(20)12(19)16-7-14(8-18)4-5-14/h2-3,6,18H,4-5,7-8H2,1H3,(H,16,19)(H,17,20). The van der Waals surface area contributed by atoms with E-state index in [1.54, 1.807) is 6.92 Å². The van der Waals surface area contributed by atoms with Gasteiger partial charge in [-0.05, 0) is 43.5 Å². The van der Waals surface area contributed by atoms with Crippen LogP contribution in [-0.2, 0) is 9.59 Å². The van der Waals surface area contributed by atoms with E-state index in [-0.39, 0.29) is 18.6 Å². The molecule has 6 heteroatoms. The van der Waals surface area contributed by atoms with Gasteiger partial charge in [0.2, 0.25) is 0 Å². The quantitative estimate of drug-likeness (QED) is 0.719. The molecule has 0 bridgehead atoms. The van der Waals surface area contributed by atoms with Crippen molar-refractivity contribution in [1.82, 2.24) is 5.32 Å². The average Bonchev–Trinajstić information content (AvgIpc) is 3.20. The third-order valence-electron chi connectivity index (χ3n) is 3.56. The molecular weight excluding hydrogens is 263 g/mol. The molecule has 0 unspecified atom stereocenters. The number of anilines is 1. The number of aliphatic hydroxyl groups excluding tert-OH is 1. The highest BCUT2D eigenvalue weighted by Crippen LogP contribution is 2.44. The lowest BCUT2D eigenvalue weighted by Gasteiger charge is -2.13.